The molecule has 38 heavy (non-hydrogen) atoms. The molecule has 0 unspecified atom stereocenters. The van der Waals surface area contributed by atoms with Gasteiger partial charge in [0.15, 0.2) is 0 Å². The van der Waals surface area contributed by atoms with Crippen molar-refractivity contribution < 1.29 is 21.6 Å². The van der Waals surface area contributed by atoms with Crippen LogP contribution in [0.5, 0.6) is 0 Å². The Balaban J connectivity index is 1.28. The predicted molar refractivity (Wildman–Crippen MR) is 140 cm³/mol. The van der Waals surface area contributed by atoms with Crippen LogP contribution in [-0.2, 0) is 23.2 Å². The minimum Gasteiger partial charge on any atom is -0.340 e. The summed E-state index contributed by atoms with van der Waals surface area (Å²) in [7, 11) is -2.78. The first-order valence-corrected chi connectivity index (χ1v) is 13.4. The molecule has 0 fully saturated rings. The number of nitrogens with one attached hydrogen (secondary N) is 2. The molecule has 0 aliphatic rings. The van der Waals surface area contributed by atoms with Crippen LogP contribution in [0.4, 0.5) is 30.4 Å². The summed E-state index contributed by atoms with van der Waals surface area (Å²) in [5, 5.41) is 7.03. The number of anilines is 3. The largest absolute Gasteiger partial charge is 0.433 e. The van der Waals surface area contributed by atoms with E-state index in [-0.39, 0.29) is 9.90 Å². The first kappa shape index (κ1) is 25.4. The normalized spacial score (nSPS) is 11.9. The van der Waals surface area contributed by atoms with Gasteiger partial charge in [0.1, 0.15) is 27.7 Å². The van der Waals surface area contributed by atoms with Gasteiger partial charge in [-0.3, -0.25) is 9.40 Å². The zero-order chi connectivity index (χ0) is 26.9. The van der Waals surface area contributed by atoms with E-state index in [0.717, 1.165) is 33.3 Å². The van der Waals surface area contributed by atoms with Crippen LogP contribution in [0.25, 0.3) is 21.8 Å². The van der Waals surface area contributed by atoms with Crippen LogP contribution in [0, 0.1) is 0 Å². The third-order valence-corrected chi connectivity index (χ3v) is 8.40. The van der Waals surface area contributed by atoms with Gasteiger partial charge in [0.25, 0.3) is 10.0 Å². The van der Waals surface area contributed by atoms with E-state index in [1.54, 1.807) is 30.3 Å². The summed E-state index contributed by atoms with van der Waals surface area (Å²) in [6.07, 6.45) is -3.11. The second kappa shape index (κ2) is 9.91. The molecule has 2 N–H and O–H groups in total. The molecule has 194 valence electrons. The fourth-order valence-corrected chi connectivity index (χ4v) is 5.94. The summed E-state index contributed by atoms with van der Waals surface area (Å²) < 4.78 is 68.2. The monoisotopic (exact) mass is 556 g/mol. The number of benzene rings is 2. The third-order valence-electron chi connectivity index (χ3n) is 5.42. The fourth-order valence-electron chi connectivity index (χ4n) is 3.62. The molecule has 0 saturated carbocycles. The number of aromatic nitrogens is 4. The lowest BCUT2D eigenvalue weighted by atomic mass is 10.1. The summed E-state index contributed by atoms with van der Waals surface area (Å²) in [4.78, 5) is 8.82. The Morgan fingerprint density at radius 2 is 1.58 bits per heavy atom. The number of hydrogen-bond acceptors (Lipinski definition) is 7. The number of alkyl halides is 3. The fraction of sp³-hybridized carbons (Fsp3) is 0.0800. The number of rotatable bonds is 7. The lowest BCUT2D eigenvalue weighted by Gasteiger charge is -2.09. The summed E-state index contributed by atoms with van der Waals surface area (Å²) in [5.41, 5.74) is 1.82. The van der Waals surface area contributed by atoms with Gasteiger partial charge >= 0.3 is 6.18 Å². The molecule has 0 amide bonds. The minimum atomic E-state index is -4.56. The standard InChI is InChI=1S/C25H19F3N6O2S2/c1-34-22(25(26,27)28)13-20(32-34)21-11-12-24(37-21)38(35,36)33-18-9-7-17(8-10-18)31-23-14-19(29-15-30-23)16-5-3-2-4-6-16/h2-15,33H,1H3,(H,29,30,31). The summed E-state index contributed by atoms with van der Waals surface area (Å²) >= 11 is 0.829. The molecule has 5 rings (SSSR count). The average molecular weight is 557 g/mol. The molecule has 0 saturated heterocycles. The number of aryl methyl sites for hydroxylation is 1. The van der Waals surface area contributed by atoms with Gasteiger partial charge < -0.3 is 5.32 Å². The molecule has 0 bridgehead atoms. The first-order chi connectivity index (χ1) is 18.1. The molecular weight excluding hydrogens is 537 g/mol. The third kappa shape index (κ3) is 5.53. The maximum atomic E-state index is 13.1. The number of sulfonamides is 1. The minimum absolute atomic E-state index is 0.0434. The summed E-state index contributed by atoms with van der Waals surface area (Å²) in [6, 6.07) is 21.7. The Hall–Kier alpha value is -4.23. The Morgan fingerprint density at radius 3 is 2.26 bits per heavy atom. The van der Waals surface area contributed by atoms with Crippen molar-refractivity contribution >= 4 is 38.6 Å². The molecular formula is C25H19F3N6O2S2. The molecule has 0 atom stereocenters. The molecule has 5 aromatic rings. The molecule has 0 aliphatic heterocycles. The van der Waals surface area contributed by atoms with Crippen molar-refractivity contribution in [1.82, 2.24) is 19.7 Å². The highest BCUT2D eigenvalue weighted by atomic mass is 32.2. The number of thiophene rings is 1. The number of halogens is 3. The maximum Gasteiger partial charge on any atom is 0.433 e. The van der Waals surface area contributed by atoms with Crippen LogP contribution in [-0.4, -0.2) is 28.2 Å². The van der Waals surface area contributed by atoms with E-state index in [1.807, 2.05) is 30.3 Å². The smallest absolute Gasteiger partial charge is 0.340 e. The van der Waals surface area contributed by atoms with Crippen molar-refractivity contribution in [1.29, 1.82) is 0 Å². The van der Waals surface area contributed by atoms with E-state index in [1.165, 1.54) is 25.5 Å². The van der Waals surface area contributed by atoms with Gasteiger partial charge in [-0.15, -0.1) is 11.3 Å². The van der Waals surface area contributed by atoms with Crippen LogP contribution in [0.3, 0.4) is 0 Å². The second-order valence-electron chi connectivity index (χ2n) is 8.12. The summed E-state index contributed by atoms with van der Waals surface area (Å²) in [6.45, 7) is 0. The first-order valence-electron chi connectivity index (χ1n) is 11.1. The topological polar surface area (TPSA) is 102 Å². The Labute approximate surface area is 219 Å². The van der Waals surface area contributed by atoms with Gasteiger partial charge in [0.2, 0.25) is 0 Å². The lowest BCUT2D eigenvalue weighted by molar-refractivity contribution is -0.143. The molecule has 2 aromatic carbocycles. The van der Waals surface area contributed by atoms with Crippen LogP contribution in [0.2, 0.25) is 0 Å². The Kier molecular flexibility index (Phi) is 6.63. The van der Waals surface area contributed by atoms with Crippen LogP contribution in [0.1, 0.15) is 5.69 Å². The molecule has 0 aliphatic carbocycles. The van der Waals surface area contributed by atoms with Crippen molar-refractivity contribution in [2.45, 2.75) is 10.4 Å². The highest BCUT2D eigenvalue weighted by Gasteiger charge is 2.35. The Morgan fingerprint density at radius 1 is 0.868 bits per heavy atom. The number of nitrogens with zero attached hydrogens (tertiary/aromatic N) is 4. The van der Waals surface area contributed by atoms with Crippen molar-refractivity contribution in [3.8, 4) is 21.8 Å². The van der Waals surface area contributed by atoms with Gasteiger partial charge in [-0.25, -0.2) is 18.4 Å². The molecule has 3 aromatic heterocycles. The summed E-state index contributed by atoms with van der Waals surface area (Å²) in [5.74, 6) is 0.571. The number of hydrogen-bond donors (Lipinski definition) is 2. The van der Waals surface area contributed by atoms with E-state index >= 15 is 0 Å². The van der Waals surface area contributed by atoms with E-state index in [2.05, 4.69) is 25.1 Å². The van der Waals surface area contributed by atoms with Gasteiger partial charge in [-0.1, -0.05) is 30.3 Å². The zero-order valence-corrected chi connectivity index (χ0v) is 21.3. The quantitative estimate of drug-likeness (QED) is 0.249. The lowest BCUT2D eigenvalue weighted by Crippen LogP contribution is -2.11. The van der Waals surface area contributed by atoms with E-state index in [9.17, 15) is 21.6 Å². The molecule has 0 spiro atoms. The van der Waals surface area contributed by atoms with Gasteiger partial charge in [0.05, 0.1) is 10.6 Å². The van der Waals surface area contributed by atoms with Crippen LogP contribution < -0.4 is 10.0 Å². The molecule has 8 nitrogen and oxygen atoms in total. The average Bonchev–Trinajstić information content (AvgIpc) is 3.53. The molecule has 13 heteroatoms. The van der Waals surface area contributed by atoms with Gasteiger partial charge in [0, 0.05) is 30.1 Å². The maximum absolute atomic E-state index is 13.1. The van der Waals surface area contributed by atoms with Crippen LogP contribution in [0.15, 0.2) is 89.4 Å². The van der Waals surface area contributed by atoms with Crippen LogP contribution >= 0.6 is 11.3 Å². The highest BCUT2D eigenvalue weighted by molar-refractivity contribution is 7.94. The Bertz CT molecular complexity index is 1680. The van der Waals surface area contributed by atoms with E-state index < -0.39 is 21.9 Å². The van der Waals surface area contributed by atoms with Crippen molar-refractivity contribution in [3.63, 3.8) is 0 Å². The van der Waals surface area contributed by atoms with Crippen molar-refractivity contribution in [2.24, 2.45) is 7.05 Å². The van der Waals surface area contributed by atoms with E-state index in [4.69, 9.17) is 0 Å². The predicted octanol–water partition coefficient (Wildman–Crippen LogP) is 6.17. The van der Waals surface area contributed by atoms with Crippen molar-refractivity contribution in [2.75, 3.05) is 10.0 Å². The van der Waals surface area contributed by atoms with Gasteiger partial charge in [-0.2, -0.15) is 18.3 Å². The SMILES string of the molecule is Cn1nc(-c2ccc(S(=O)(=O)Nc3ccc(Nc4cc(-c5ccccc5)ncn4)cc3)s2)cc1C(F)(F)F. The van der Waals surface area contributed by atoms with Crippen molar-refractivity contribution in [3.05, 3.63) is 90.9 Å². The molecule has 0 radical (unpaired) electrons. The second-order valence-corrected chi connectivity index (χ2v) is 11.1. The zero-order valence-electron chi connectivity index (χ0n) is 19.6. The van der Waals surface area contributed by atoms with Gasteiger partial charge in [-0.05, 0) is 42.5 Å². The molecule has 3 heterocycles. The highest BCUT2D eigenvalue weighted by Crippen LogP contribution is 2.35. The van der Waals surface area contributed by atoms with E-state index in [0.29, 0.717) is 22.1 Å².